The molecule has 0 saturated carbocycles. The van der Waals surface area contributed by atoms with Crippen molar-refractivity contribution < 1.29 is 18.8 Å². The van der Waals surface area contributed by atoms with E-state index in [0.717, 1.165) is 16.8 Å². The summed E-state index contributed by atoms with van der Waals surface area (Å²) in [6.07, 6.45) is 5.64. The van der Waals surface area contributed by atoms with Crippen LogP contribution in [-0.2, 0) is 29.1 Å². The maximum Gasteiger partial charge on any atom is 0.247 e. The highest BCUT2D eigenvalue weighted by Gasteiger charge is 2.31. The summed E-state index contributed by atoms with van der Waals surface area (Å²) in [5, 5.41) is 3.44. The SMILES string of the molecule is CCc1c(C(C)=O)c2cc(C)ncc2n1CC(=O)N1CC=C[C@H]1C(=O)NCc1cccc(Cl)c1F. The molecule has 1 N–H and O–H groups in total. The number of amides is 2. The van der Waals surface area contributed by atoms with Gasteiger partial charge in [0.15, 0.2) is 5.78 Å². The number of carbonyl (C=O) groups is 3. The van der Waals surface area contributed by atoms with Crippen LogP contribution in [0, 0.1) is 12.7 Å². The molecule has 0 radical (unpaired) electrons. The third-order valence-electron chi connectivity index (χ3n) is 6.20. The lowest BCUT2D eigenvalue weighted by Gasteiger charge is -2.25. The molecule has 1 aromatic carbocycles. The van der Waals surface area contributed by atoms with Crippen LogP contribution in [0.5, 0.6) is 0 Å². The summed E-state index contributed by atoms with van der Waals surface area (Å²) >= 11 is 5.81. The molecular weight excluding hydrogens is 471 g/mol. The number of pyridine rings is 1. The topological polar surface area (TPSA) is 84.3 Å². The Morgan fingerprint density at radius 1 is 1.29 bits per heavy atom. The Morgan fingerprint density at radius 3 is 2.77 bits per heavy atom. The summed E-state index contributed by atoms with van der Waals surface area (Å²) in [5.41, 5.74) is 3.10. The normalized spacial score (nSPS) is 15.1. The Balaban J connectivity index is 1.55. The van der Waals surface area contributed by atoms with Crippen LogP contribution in [-0.4, -0.2) is 44.6 Å². The number of rotatable bonds is 7. The zero-order chi connectivity index (χ0) is 25.3. The Labute approximate surface area is 207 Å². The fraction of sp³-hybridized carbons (Fsp3) is 0.308. The molecule has 3 aromatic rings. The minimum Gasteiger partial charge on any atom is -0.350 e. The zero-order valence-corrected chi connectivity index (χ0v) is 20.5. The lowest BCUT2D eigenvalue weighted by Crippen LogP contribution is -2.47. The highest BCUT2D eigenvalue weighted by Crippen LogP contribution is 2.28. The molecule has 3 heterocycles. The van der Waals surface area contributed by atoms with Crippen molar-refractivity contribution in [2.45, 2.75) is 46.3 Å². The number of benzene rings is 1. The zero-order valence-electron chi connectivity index (χ0n) is 19.8. The highest BCUT2D eigenvalue weighted by molar-refractivity contribution is 6.30. The summed E-state index contributed by atoms with van der Waals surface area (Å²) in [6.45, 7) is 5.50. The quantitative estimate of drug-likeness (QED) is 0.396. The molecule has 0 aliphatic carbocycles. The Hall–Kier alpha value is -3.52. The summed E-state index contributed by atoms with van der Waals surface area (Å²) in [4.78, 5) is 44.5. The lowest BCUT2D eigenvalue weighted by molar-refractivity contribution is -0.138. The minimum absolute atomic E-state index is 0.0189. The van der Waals surface area contributed by atoms with E-state index in [1.165, 1.54) is 17.9 Å². The molecule has 4 rings (SSSR count). The van der Waals surface area contributed by atoms with Crippen LogP contribution < -0.4 is 5.32 Å². The summed E-state index contributed by atoms with van der Waals surface area (Å²) in [5.74, 6) is -1.34. The van der Waals surface area contributed by atoms with Gasteiger partial charge in [-0.25, -0.2) is 4.39 Å². The van der Waals surface area contributed by atoms with Gasteiger partial charge in [0, 0.05) is 41.0 Å². The van der Waals surface area contributed by atoms with Crippen LogP contribution in [0.4, 0.5) is 4.39 Å². The highest BCUT2D eigenvalue weighted by atomic mass is 35.5. The van der Waals surface area contributed by atoms with E-state index >= 15 is 0 Å². The molecule has 7 nitrogen and oxygen atoms in total. The van der Waals surface area contributed by atoms with E-state index in [1.54, 1.807) is 30.5 Å². The molecule has 1 atom stereocenters. The van der Waals surface area contributed by atoms with Gasteiger partial charge in [0.1, 0.15) is 18.4 Å². The first-order valence-electron chi connectivity index (χ1n) is 11.4. The predicted molar refractivity (Wildman–Crippen MR) is 132 cm³/mol. The summed E-state index contributed by atoms with van der Waals surface area (Å²) < 4.78 is 16.0. The van der Waals surface area contributed by atoms with Gasteiger partial charge in [-0.15, -0.1) is 0 Å². The molecule has 0 unspecified atom stereocenters. The number of halogens is 2. The van der Waals surface area contributed by atoms with E-state index in [0.29, 0.717) is 17.5 Å². The number of nitrogens with one attached hydrogen (secondary N) is 1. The maximum absolute atomic E-state index is 14.2. The first-order chi connectivity index (χ1) is 16.7. The van der Waals surface area contributed by atoms with Crippen molar-refractivity contribution in [1.29, 1.82) is 0 Å². The van der Waals surface area contributed by atoms with Crippen molar-refractivity contribution in [1.82, 2.24) is 19.8 Å². The molecule has 9 heteroatoms. The van der Waals surface area contributed by atoms with Gasteiger partial charge in [0.05, 0.1) is 16.7 Å². The van der Waals surface area contributed by atoms with Crippen LogP contribution in [0.25, 0.3) is 10.9 Å². The Morgan fingerprint density at radius 2 is 2.06 bits per heavy atom. The monoisotopic (exact) mass is 496 g/mol. The molecule has 0 bridgehead atoms. The number of nitrogens with zero attached hydrogens (tertiary/aromatic N) is 3. The number of hydrogen-bond acceptors (Lipinski definition) is 4. The fourth-order valence-corrected chi connectivity index (χ4v) is 4.74. The van der Waals surface area contributed by atoms with Crippen molar-refractivity contribution in [2.75, 3.05) is 6.54 Å². The van der Waals surface area contributed by atoms with Crippen LogP contribution in [0.15, 0.2) is 42.6 Å². The minimum atomic E-state index is -0.815. The second-order valence-electron chi connectivity index (χ2n) is 8.51. The van der Waals surface area contributed by atoms with Crippen molar-refractivity contribution in [2.24, 2.45) is 0 Å². The average molecular weight is 497 g/mol. The molecule has 0 spiro atoms. The van der Waals surface area contributed by atoms with E-state index in [9.17, 15) is 18.8 Å². The standard InChI is InChI=1S/C26H26ClFN4O3/c1-4-20-24(16(3)33)18-11-15(2)29-13-22(18)32(20)14-23(34)31-10-6-9-21(31)26(35)30-12-17-7-5-8-19(27)25(17)28/h5-9,11,13,21H,4,10,12,14H2,1-3H3,(H,30,35)/t21-/m0/s1. The molecule has 2 amide bonds. The van der Waals surface area contributed by atoms with Gasteiger partial charge in [-0.05, 0) is 32.4 Å². The van der Waals surface area contributed by atoms with Gasteiger partial charge in [0.25, 0.3) is 0 Å². The van der Waals surface area contributed by atoms with E-state index in [1.807, 2.05) is 24.5 Å². The second kappa shape index (κ2) is 10.00. The van der Waals surface area contributed by atoms with Crippen molar-refractivity contribution >= 4 is 40.1 Å². The average Bonchev–Trinajstić information content (AvgIpc) is 3.42. The van der Waals surface area contributed by atoms with Crippen LogP contribution in [0.2, 0.25) is 5.02 Å². The van der Waals surface area contributed by atoms with E-state index in [2.05, 4.69) is 10.3 Å². The van der Waals surface area contributed by atoms with Crippen LogP contribution >= 0.6 is 11.6 Å². The molecule has 182 valence electrons. The largest absolute Gasteiger partial charge is 0.350 e. The smallest absolute Gasteiger partial charge is 0.247 e. The van der Waals surface area contributed by atoms with Gasteiger partial charge >= 0.3 is 0 Å². The lowest BCUT2D eigenvalue weighted by atomic mass is 10.1. The van der Waals surface area contributed by atoms with Gasteiger partial charge in [0.2, 0.25) is 11.8 Å². The third kappa shape index (κ3) is 4.71. The second-order valence-corrected chi connectivity index (χ2v) is 8.92. The molecule has 35 heavy (non-hydrogen) atoms. The summed E-state index contributed by atoms with van der Waals surface area (Å²) in [7, 11) is 0. The molecule has 0 saturated heterocycles. The Kier molecular flexibility index (Phi) is 7.03. The van der Waals surface area contributed by atoms with Gasteiger partial charge in [-0.2, -0.15) is 0 Å². The number of aryl methyl sites for hydroxylation is 1. The van der Waals surface area contributed by atoms with Gasteiger partial charge < -0.3 is 14.8 Å². The molecule has 1 aliphatic heterocycles. The maximum atomic E-state index is 14.2. The van der Waals surface area contributed by atoms with E-state index < -0.39 is 17.8 Å². The first kappa shape index (κ1) is 24.6. The van der Waals surface area contributed by atoms with Crippen molar-refractivity contribution in [3.8, 4) is 0 Å². The van der Waals surface area contributed by atoms with Crippen molar-refractivity contribution in [3.05, 3.63) is 76.0 Å². The third-order valence-corrected chi connectivity index (χ3v) is 6.50. The van der Waals surface area contributed by atoms with E-state index in [4.69, 9.17) is 11.6 Å². The summed E-state index contributed by atoms with van der Waals surface area (Å²) in [6, 6.07) is 5.63. The molecule has 2 aromatic heterocycles. The number of Topliss-reactive ketones (excluding diaryl/α,β-unsaturated/α-hetero) is 1. The van der Waals surface area contributed by atoms with Gasteiger partial charge in [-0.1, -0.05) is 42.8 Å². The molecular formula is C26H26ClFN4O3. The van der Waals surface area contributed by atoms with Crippen LogP contribution in [0.1, 0.15) is 41.2 Å². The number of fused-ring (bicyclic) bond motifs is 1. The number of carbonyl (C=O) groups excluding carboxylic acids is 3. The first-order valence-corrected chi connectivity index (χ1v) is 11.8. The number of aromatic nitrogens is 2. The Bertz CT molecular complexity index is 1360. The van der Waals surface area contributed by atoms with E-state index in [-0.39, 0.29) is 41.9 Å². The molecule has 0 fully saturated rings. The predicted octanol–water partition coefficient (Wildman–Crippen LogP) is 3.99. The van der Waals surface area contributed by atoms with Crippen molar-refractivity contribution in [3.63, 3.8) is 0 Å². The fourth-order valence-electron chi connectivity index (χ4n) is 4.55. The number of ketones is 1. The van der Waals surface area contributed by atoms with Gasteiger partial charge in [-0.3, -0.25) is 19.4 Å². The number of hydrogen-bond donors (Lipinski definition) is 1. The molecule has 1 aliphatic rings. The van der Waals surface area contributed by atoms with Crippen LogP contribution in [0.3, 0.4) is 0 Å².